The number of nitrogens with two attached hydrogens (primary N) is 1. The van der Waals surface area contributed by atoms with Crippen molar-refractivity contribution in [1.82, 2.24) is 43.5 Å². The van der Waals surface area contributed by atoms with Gasteiger partial charge in [0.2, 0.25) is 11.8 Å². The zero-order valence-corrected chi connectivity index (χ0v) is 48.8. The number of carbonyl (C=O) groups is 4. The fourth-order valence-corrected chi connectivity index (χ4v) is 12.7. The minimum absolute atomic E-state index is 0.0598. The molecule has 79 heavy (non-hydrogen) atoms. The van der Waals surface area contributed by atoms with E-state index in [1.807, 2.05) is 30.6 Å². The highest BCUT2D eigenvalue weighted by atomic mass is 16.6. The number of aromatic nitrogens is 3. The van der Waals surface area contributed by atoms with Crippen LogP contribution < -0.4 is 11.1 Å². The molecular weight excluding hydrogens is 993 g/mol. The number of carboxylic acids is 1. The molecule has 0 radical (unpaired) electrons. The molecule has 426 valence electrons. The smallest absolute Gasteiger partial charge is 0.407 e. The van der Waals surface area contributed by atoms with Gasteiger partial charge in [0.25, 0.3) is 0 Å². The fraction of sp³-hybridized carbons (Fsp3) is 0.556. The van der Waals surface area contributed by atoms with Crippen molar-refractivity contribution in [2.75, 3.05) is 67.0 Å². The Bertz CT molecular complexity index is 3180. The highest BCUT2D eigenvalue weighted by molar-refractivity contribution is 5.89. The first-order valence-electron chi connectivity index (χ1n) is 29.1. The van der Waals surface area contributed by atoms with Gasteiger partial charge in [0.05, 0.1) is 6.42 Å². The summed E-state index contributed by atoms with van der Waals surface area (Å²) in [6.45, 7) is 23.1. The van der Waals surface area contributed by atoms with Crippen molar-refractivity contribution in [1.29, 1.82) is 0 Å². The fourth-order valence-electron chi connectivity index (χ4n) is 12.7. The van der Waals surface area contributed by atoms with E-state index in [-0.39, 0.29) is 36.4 Å². The van der Waals surface area contributed by atoms with Gasteiger partial charge in [-0.05, 0) is 141 Å². The lowest BCUT2D eigenvalue weighted by atomic mass is 10.0. The average molecular weight is 1080 g/mol. The van der Waals surface area contributed by atoms with Gasteiger partial charge in [-0.15, -0.1) is 0 Å². The predicted octanol–water partition coefficient (Wildman–Crippen LogP) is 8.53. The van der Waals surface area contributed by atoms with Crippen LogP contribution in [0.4, 0.5) is 4.79 Å². The maximum Gasteiger partial charge on any atom is 0.407 e. The van der Waals surface area contributed by atoms with Gasteiger partial charge in [-0.2, -0.15) is 0 Å². The minimum Gasteiger partial charge on any atom is -0.481 e. The van der Waals surface area contributed by atoms with Gasteiger partial charge in [0.1, 0.15) is 5.60 Å². The molecular formula is C63H88N10O6. The summed E-state index contributed by atoms with van der Waals surface area (Å²) in [6, 6.07) is 20.2. The number of aliphatic carboxylic acids is 1. The van der Waals surface area contributed by atoms with Crippen molar-refractivity contribution in [3.8, 4) is 0 Å². The summed E-state index contributed by atoms with van der Waals surface area (Å²) in [5, 5.41) is 15.9. The summed E-state index contributed by atoms with van der Waals surface area (Å²) in [5.74, 6) is -0.269. The Morgan fingerprint density at radius 3 is 1.27 bits per heavy atom. The van der Waals surface area contributed by atoms with Gasteiger partial charge >= 0.3 is 12.1 Å². The Hall–Kier alpha value is -6.20. The van der Waals surface area contributed by atoms with E-state index < -0.39 is 11.6 Å². The molecule has 2 fully saturated rings. The van der Waals surface area contributed by atoms with Gasteiger partial charge in [-0.1, -0.05) is 34.9 Å². The third kappa shape index (κ3) is 13.7. The van der Waals surface area contributed by atoms with Crippen LogP contribution >= 0.6 is 0 Å². The molecule has 5 aliphatic rings. The standard InChI is InChI=1S/C26H38N4O3.C21H30N4O.C16H20N2O2/c1-18-6-7-22-20(16-18)21-17-28(5)12-10-23(21)30(22)15-11-24(31)29-13-8-19(9-14-29)27-25(32)33-26(2,3)4;1-15-3-4-19-17(13-15)18-14-23(2)9-7-20(18)25(19)12-8-21(26)24-10-5-16(22)6-11-24;1-11-3-4-14-12(9-11)13-10-17(2)7-5-15(13)18(14)8-6-16(19)20/h6-7,16,19H,8-15,17H2,1-5H3,(H,27,32);3-4,13,16H,5-12,14,22H2,1-2H3;3-4,9H,5-8,10H2,1-2H3,(H,19,20). The number of fused-ring (bicyclic) bond motifs is 9. The van der Waals surface area contributed by atoms with Crippen molar-refractivity contribution in [3.05, 3.63) is 105 Å². The van der Waals surface area contributed by atoms with Gasteiger partial charge in [0, 0.05) is 179 Å². The first kappa shape index (κ1) is 57.5. The Kier molecular flexibility index (Phi) is 17.9. The van der Waals surface area contributed by atoms with Gasteiger partial charge in [0.15, 0.2) is 0 Å². The van der Waals surface area contributed by atoms with E-state index in [0.717, 1.165) is 104 Å². The molecule has 0 atom stereocenters. The summed E-state index contributed by atoms with van der Waals surface area (Å²) in [5.41, 5.74) is 21.4. The number of ether oxygens (including phenoxy) is 1. The van der Waals surface area contributed by atoms with Gasteiger partial charge in [-0.3, -0.25) is 14.4 Å². The number of likely N-dealkylation sites (tertiary alicyclic amines) is 2. The topological polar surface area (TPSA) is 167 Å². The van der Waals surface area contributed by atoms with Crippen LogP contribution in [0.25, 0.3) is 32.7 Å². The van der Waals surface area contributed by atoms with Crippen molar-refractivity contribution in [2.24, 2.45) is 5.73 Å². The second-order valence-corrected chi connectivity index (χ2v) is 24.4. The number of carbonyl (C=O) groups excluding carboxylic acids is 3. The molecule has 8 heterocycles. The van der Waals surface area contributed by atoms with Crippen LogP contribution in [0, 0.1) is 20.8 Å². The number of carboxylic acid groups (broad SMARTS) is 1. The van der Waals surface area contributed by atoms with Crippen LogP contribution in [0.2, 0.25) is 0 Å². The number of aryl methyl sites for hydroxylation is 6. The number of nitrogens with zero attached hydrogens (tertiary/aromatic N) is 8. The van der Waals surface area contributed by atoms with E-state index in [1.165, 1.54) is 83.2 Å². The summed E-state index contributed by atoms with van der Waals surface area (Å²) in [4.78, 5) is 59.6. The summed E-state index contributed by atoms with van der Waals surface area (Å²) >= 11 is 0. The molecule has 5 aliphatic heterocycles. The van der Waals surface area contributed by atoms with Crippen LogP contribution in [0.15, 0.2) is 54.6 Å². The molecule has 2 saturated heterocycles. The number of piperidine rings is 2. The number of hydrogen-bond acceptors (Lipinski definition) is 9. The molecule has 11 rings (SSSR count). The predicted molar refractivity (Wildman–Crippen MR) is 314 cm³/mol. The van der Waals surface area contributed by atoms with Crippen LogP contribution in [0.5, 0.6) is 0 Å². The second kappa shape index (κ2) is 24.7. The van der Waals surface area contributed by atoms with E-state index in [1.54, 1.807) is 0 Å². The summed E-state index contributed by atoms with van der Waals surface area (Å²) in [6.07, 6.45) is 7.35. The van der Waals surface area contributed by atoms with Gasteiger partial charge in [-0.25, -0.2) is 4.79 Å². The zero-order valence-electron chi connectivity index (χ0n) is 48.8. The Morgan fingerprint density at radius 2 is 0.911 bits per heavy atom. The summed E-state index contributed by atoms with van der Waals surface area (Å²) < 4.78 is 12.4. The van der Waals surface area contributed by atoms with E-state index >= 15 is 0 Å². The van der Waals surface area contributed by atoms with Crippen molar-refractivity contribution < 1.29 is 29.0 Å². The van der Waals surface area contributed by atoms with Crippen LogP contribution in [-0.2, 0) is 77.7 Å². The maximum absolute atomic E-state index is 13.0. The third-order valence-electron chi connectivity index (χ3n) is 16.9. The monoisotopic (exact) mass is 1080 g/mol. The molecule has 4 N–H and O–H groups in total. The minimum atomic E-state index is -0.736. The Morgan fingerprint density at radius 1 is 0.557 bits per heavy atom. The number of likely N-dealkylation sites (N-methyl/N-ethyl adjacent to an activating group) is 3. The van der Waals surface area contributed by atoms with Gasteiger partial charge < -0.3 is 59.1 Å². The molecule has 3 aromatic carbocycles. The lowest BCUT2D eigenvalue weighted by molar-refractivity contribution is -0.137. The lowest BCUT2D eigenvalue weighted by Crippen LogP contribution is -2.47. The van der Waals surface area contributed by atoms with Crippen LogP contribution in [0.1, 0.15) is 116 Å². The number of nitrogens with one attached hydrogen (secondary N) is 1. The molecule has 0 bridgehead atoms. The zero-order chi connectivity index (χ0) is 56.3. The SMILES string of the molecule is Cc1ccc2c(c1)c1c(n2CCC(=O)N2CCC(N)CC2)CCN(C)C1.Cc1ccc2c(c1)c1c(n2CCC(=O)N2CCC(NC(=O)OC(C)(C)C)CC2)CCN(C)C1.Cc1ccc2c(c1)c1c(n2CCC(=O)O)CCN(C)C1. The number of alkyl carbamates (subject to hydrolysis) is 1. The normalized spacial score (nSPS) is 17.6. The average Bonchev–Trinajstić information content (AvgIpc) is 4.24. The lowest BCUT2D eigenvalue weighted by Gasteiger charge is -2.33. The van der Waals surface area contributed by atoms with Crippen molar-refractivity contribution >= 4 is 56.6 Å². The molecule has 0 spiro atoms. The highest BCUT2D eigenvalue weighted by Gasteiger charge is 2.29. The number of benzene rings is 3. The second-order valence-electron chi connectivity index (χ2n) is 24.4. The maximum atomic E-state index is 13.0. The quantitative estimate of drug-likeness (QED) is 0.121. The van der Waals surface area contributed by atoms with Crippen LogP contribution in [-0.4, -0.2) is 152 Å². The van der Waals surface area contributed by atoms with E-state index in [4.69, 9.17) is 15.6 Å². The Balaban J connectivity index is 0.000000148. The third-order valence-corrected chi connectivity index (χ3v) is 16.9. The first-order valence-corrected chi connectivity index (χ1v) is 29.1. The highest BCUT2D eigenvalue weighted by Crippen LogP contribution is 2.35. The van der Waals surface area contributed by atoms with E-state index in [0.29, 0.717) is 39.0 Å². The Labute approximate surface area is 467 Å². The van der Waals surface area contributed by atoms with Crippen molar-refractivity contribution in [2.45, 2.75) is 163 Å². The molecule has 6 aromatic rings. The number of rotatable bonds is 10. The largest absolute Gasteiger partial charge is 0.481 e. The molecule has 0 saturated carbocycles. The van der Waals surface area contributed by atoms with Crippen molar-refractivity contribution in [3.63, 3.8) is 0 Å². The molecule has 3 amide bonds. The molecule has 0 aliphatic carbocycles. The van der Waals surface area contributed by atoms with E-state index in [2.05, 4.69) is 130 Å². The molecule has 16 nitrogen and oxygen atoms in total. The van der Waals surface area contributed by atoms with Crippen LogP contribution in [0.3, 0.4) is 0 Å². The molecule has 0 unspecified atom stereocenters. The van der Waals surface area contributed by atoms with E-state index in [9.17, 15) is 19.2 Å². The number of hydrogen-bond donors (Lipinski definition) is 3. The first-order chi connectivity index (χ1) is 37.7. The summed E-state index contributed by atoms with van der Waals surface area (Å²) in [7, 11) is 6.50. The molecule has 16 heteroatoms. The number of amides is 3. The molecule has 3 aromatic heterocycles.